The summed E-state index contributed by atoms with van der Waals surface area (Å²) >= 11 is 0. The van der Waals surface area contributed by atoms with E-state index in [0.717, 1.165) is 18.7 Å². The minimum atomic E-state index is -0.899. The van der Waals surface area contributed by atoms with E-state index in [1.807, 2.05) is 0 Å². The Hall–Kier alpha value is -2.11. The summed E-state index contributed by atoms with van der Waals surface area (Å²) in [5.41, 5.74) is 0.645. The first-order valence-corrected chi connectivity index (χ1v) is 5.45. The smallest absolute Gasteiger partial charge is 0.323 e. The van der Waals surface area contributed by atoms with Crippen LogP contribution in [0.1, 0.15) is 24.6 Å². The van der Waals surface area contributed by atoms with Gasteiger partial charge in [-0.2, -0.15) is 4.98 Å². The van der Waals surface area contributed by atoms with Crippen LogP contribution in [0.3, 0.4) is 0 Å². The van der Waals surface area contributed by atoms with Gasteiger partial charge in [0.1, 0.15) is 12.2 Å². The van der Waals surface area contributed by atoms with Gasteiger partial charge in [0.2, 0.25) is 0 Å². The van der Waals surface area contributed by atoms with Gasteiger partial charge in [-0.3, -0.25) is 4.79 Å². The van der Waals surface area contributed by atoms with Gasteiger partial charge in [0.05, 0.1) is 0 Å². The van der Waals surface area contributed by atoms with Crippen LogP contribution in [0.5, 0.6) is 0 Å². The molecule has 0 atom stereocenters. The molecule has 0 amide bonds. The molecule has 17 heavy (non-hydrogen) atoms. The molecule has 0 aromatic carbocycles. The van der Waals surface area contributed by atoms with Crippen LogP contribution in [-0.2, 0) is 11.3 Å². The number of aliphatic carboxylic acids is 1. The molecule has 1 aliphatic rings. The maximum absolute atomic E-state index is 10.7. The minimum absolute atomic E-state index is 0.108. The Bertz CT molecular complexity index is 554. The largest absolute Gasteiger partial charge is 0.480 e. The van der Waals surface area contributed by atoms with Gasteiger partial charge >= 0.3 is 5.97 Å². The minimum Gasteiger partial charge on any atom is -0.480 e. The van der Waals surface area contributed by atoms with Gasteiger partial charge in [-0.05, 0) is 25.0 Å². The van der Waals surface area contributed by atoms with Crippen molar-refractivity contribution in [2.24, 2.45) is 0 Å². The lowest BCUT2D eigenvalue weighted by Gasteiger charge is -2.01. The number of carboxylic acids is 1. The molecule has 2 aromatic heterocycles. The lowest BCUT2D eigenvalue weighted by Crippen LogP contribution is -2.08. The molecule has 0 spiro atoms. The molecule has 6 heteroatoms. The van der Waals surface area contributed by atoms with Crippen LogP contribution >= 0.6 is 0 Å². The van der Waals surface area contributed by atoms with Crippen molar-refractivity contribution in [2.75, 3.05) is 0 Å². The fourth-order valence-corrected chi connectivity index (χ4v) is 1.74. The number of rotatable bonds is 4. The summed E-state index contributed by atoms with van der Waals surface area (Å²) in [7, 11) is 0. The summed E-state index contributed by atoms with van der Waals surface area (Å²) in [6.45, 7) is -0.108. The maximum Gasteiger partial charge on any atom is 0.323 e. The fourth-order valence-electron chi connectivity index (χ4n) is 1.74. The van der Waals surface area contributed by atoms with E-state index in [2.05, 4.69) is 10.1 Å². The molecule has 0 bridgehead atoms. The SMILES string of the molecule is O=C(O)Cn1cccc1-c1nc(C2CC2)no1. The quantitative estimate of drug-likeness (QED) is 0.865. The van der Waals surface area contributed by atoms with Crippen LogP contribution in [0.2, 0.25) is 0 Å². The maximum atomic E-state index is 10.7. The summed E-state index contributed by atoms with van der Waals surface area (Å²) < 4.78 is 6.73. The predicted octanol–water partition coefficient (Wildman–Crippen LogP) is 1.50. The molecular formula is C11H11N3O3. The Morgan fingerprint density at radius 2 is 2.41 bits per heavy atom. The van der Waals surface area contributed by atoms with Gasteiger partial charge in [-0.15, -0.1) is 0 Å². The van der Waals surface area contributed by atoms with E-state index in [1.54, 1.807) is 22.9 Å². The summed E-state index contributed by atoms with van der Waals surface area (Å²) in [5, 5.41) is 12.7. The second-order valence-corrected chi connectivity index (χ2v) is 4.15. The van der Waals surface area contributed by atoms with Gasteiger partial charge in [0, 0.05) is 12.1 Å². The molecule has 1 fully saturated rings. The second kappa shape index (κ2) is 3.73. The lowest BCUT2D eigenvalue weighted by atomic mass is 10.4. The molecule has 88 valence electrons. The van der Waals surface area contributed by atoms with Crippen LogP contribution < -0.4 is 0 Å². The number of nitrogens with zero attached hydrogens (tertiary/aromatic N) is 3. The van der Waals surface area contributed by atoms with Gasteiger partial charge in [-0.1, -0.05) is 5.16 Å². The summed E-state index contributed by atoms with van der Waals surface area (Å²) in [4.78, 5) is 15.0. The highest BCUT2D eigenvalue weighted by molar-refractivity contribution is 5.67. The number of hydrogen-bond acceptors (Lipinski definition) is 4. The molecule has 2 heterocycles. The van der Waals surface area contributed by atoms with E-state index in [4.69, 9.17) is 9.63 Å². The Balaban J connectivity index is 1.91. The van der Waals surface area contributed by atoms with Crippen molar-refractivity contribution in [3.05, 3.63) is 24.2 Å². The van der Waals surface area contributed by atoms with E-state index < -0.39 is 5.97 Å². The van der Waals surface area contributed by atoms with Crippen molar-refractivity contribution in [3.8, 4) is 11.6 Å². The number of hydrogen-bond donors (Lipinski definition) is 1. The van der Waals surface area contributed by atoms with Gasteiger partial charge < -0.3 is 14.2 Å². The third-order valence-electron chi connectivity index (χ3n) is 2.74. The van der Waals surface area contributed by atoms with Crippen molar-refractivity contribution in [3.63, 3.8) is 0 Å². The number of aromatic nitrogens is 3. The van der Waals surface area contributed by atoms with Crippen molar-refractivity contribution < 1.29 is 14.4 Å². The lowest BCUT2D eigenvalue weighted by molar-refractivity contribution is -0.137. The predicted molar refractivity (Wildman–Crippen MR) is 57.3 cm³/mol. The normalized spacial score (nSPS) is 15.1. The highest BCUT2D eigenvalue weighted by atomic mass is 16.5. The number of carbonyl (C=O) groups is 1. The van der Waals surface area contributed by atoms with E-state index >= 15 is 0 Å². The molecule has 3 rings (SSSR count). The zero-order valence-corrected chi connectivity index (χ0v) is 9.04. The third kappa shape index (κ3) is 1.93. The van der Waals surface area contributed by atoms with E-state index in [0.29, 0.717) is 17.5 Å². The molecular weight excluding hydrogens is 222 g/mol. The first-order chi connectivity index (χ1) is 8.24. The zero-order valence-electron chi connectivity index (χ0n) is 9.04. The van der Waals surface area contributed by atoms with Crippen molar-refractivity contribution in [1.29, 1.82) is 0 Å². The standard InChI is InChI=1S/C11H11N3O3/c15-9(16)6-14-5-1-2-8(14)11-12-10(13-17-11)7-3-4-7/h1-2,5,7H,3-4,6H2,(H,15,16). The molecule has 0 unspecified atom stereocenters. The second-order valence-electron chi connectivity index (χ2n) is 4.15. The van der Waals surface area contributed by atoms with Crippen molar-refractivity contribution >= 4 is 5.97 Å². The van der Waals surface area contributed by atoms with E-state index in [9.17, 15) is 4.79 Å². The Labute approximate surface area is 96.9 Å². The Kier molecular flexibility index (Phi) is 2.21. The fraction of sp³-hybridized carbons (Fsp3) is 0.364. The van der Waals surface area contributed by atoms with Crippen LogP contribution in [0, 0.1) is 0 Å². The first-order valence-electron chi connectivity index (χ1n) is 5.45. The van der Waals surface area contributed by atoms with Crippen LogP contribution in [-0.4, -0.2) is 25.8 Å². The molecule has 1 aliphatic carbocycles. The third-order valence-corrected chi connectivity index (χ3v) is 2.74. The zero-order chi connectivity index (χ0) is 11.8. The van der Waals surface area contributed by atoms with Crippen LogP contribution in [0.25, 0.3) is 11.6 Å². The number of carboxylic acid groups (broad SMARTS) is 1. The molecule has 0 saturated heterocycles. The van der Waals surface area contributed by atoms with Gasteiger partial charge in [0.25, 0.3) is 5.89 Å². The Morgan fingerprint density at radius 3 is 3.12 bits per heavy atom. The summed E-state index contributed by atoms with van der Waals surface area (Å²) in [5.74, 6) is 0.640. The summed E-state index contributed by atoms with van der Waals surface area (Å²) in [6, 6.07) is 3.53. The molecule has 0 aliphatic heterocycles. The van der Waals surface area contributed by atoms with Crippen LogP contribution in [0.4, 0.5) is 0 Å². The summed E-state index contributed by atoms with van der Waals surface area (Å²) in [6.07, 6.45) is 3.90. The van der Waals surface area contributed by atoms with Crippen molar-refractivity contribution in [2.45, 2.75) is 25.3 Å². The highest BCUT2D eigenvalue weighted by Gasteiger charge is 2.29. The Morgan fingerprint density at radius 1 is 1.59 bits per heavy atom. The average molecular weight is 233 g/mol. The highest BCUT2D eigenvalue weighted by Crippen LogP contribution is 2.38. The molecule has 1 saturated carbocycles. The molecule has 6 nitrogen and oxygen atoms in total. The topological polar surface area (TPSA) is 81.1 Å². The molecule has 2 aromatic rings. The van der Waals surface area contributed by atoms with E-state index in [1.165, 1.54) is 0 Å². The van der Waals surface area contributed by atoms with Crippen molar-refractivity contribution in [1.82, 2.24) is 14.7 Å². The van der Waals surface area contributed by atoms with Crippen LogP contribution in [0.15, 0.2) is 22.9 Å². The monoisotopic (exact) mass is 233 g/mol. The molecule has 1 N–H and O–H groups in total. The van der Waals surface area contributed by atoms with Gasteiger partial charge in [-0.25, -0.2) is 0 Å². The van der Waals surface area contributed by atoms with E-state index in [-0.39, 0.29) is 6.54 Å². The van der Waals surface area contributed by atoms with Gasteiger partial charge in [0.15, 0.2) is 5.82 Å². The molecule has 0 radical (unpaired) electrons. The average Bonchev–Trinajstić information content (AvgIpc) is 2.85. The first kappa shape index (κ1) is 10.1.